The molecule has 0 atom stereocenters. The van der Waals surface area contributed by atoms with Gasteiger partial charge in [-0.3, -0.25) is 9.41 Å². The van der Waals surface area contributed by atoms with Crippen molar-refractivity contribution < 1.29 is 45.2 Å². The molecular formula is CH5F2NaO. The maximum Gasteiger partial charge on any atom is 1.00 e. The average molecular weight is 94.0 g/mol. The average Bonchev–Trinajstić information content (AvgIpc) is 1.00. The first-order valence-electron chi connectivity index (χ1n) is 0.289. The number of halogens is 2. The summed E-state index contributed by atoms with van der Waals surface area (Å²) in [5.74, 6) is 0. The van der Waals surface area contributed by atoms with Gasteiger partial charge in [0.25, 0.3) is 0 Å². The van der Waals surface area contributed by atoms with Gasteiger partial charge in [-0.05, 0) is 0 Å². The first-order chi connectivity index (χ1) is 1.00. The van der Waals surface area contributed by atoms with Crippen LogP contribution in [0.15, 0.2) is 0 Å². The Balaban J connectivity index is -0.000000000833. The molecule has 0 aromatic heterocycles. The van der Waals surface area contributed by atoms with Crippen LogP contribution in [0.2, 0.25) is 0 Å². The quantitative estimate of drug-likeness (QED) is 0.297. The van der Waals surface area contributed by atoms with Crippen LogP contribution in [0.3, 0.4) is 0 Å². The SMILES string of the molecule is C=O.F.F.[H-].[Na+]. The molecule has 4 heteroatoms. The van der Waals surface area contributed by atoms with Crippen LogP contribution in [0.1, 0.15) is 1.43 Å². The summed E-state index contributed by atoms with van der Waals surface area (Å²) in [6.07, 6.45) is 0. The van der Waals surface area contributed by atoms with Crippen molar-refractivity contribution in [1.82, 2.24) is 0 Å². The van der Waals surface area contributed by atoms with E-state index in [0.717, 1.165) is 0 Å². The molecule has 0 amide bonds. The van der Waals surface area contributed by atoms with Crippen LogP contribution < -0.4 is 29.6 Å². The van der Waals surface area contributed by atoms with E-state index >= 15 is 0 Å². The van der Waals surface area contributed by atoms with Crippen molar-refractivity contribution in [3.05, 3.63) is 0 Å². The number of rotatable bonds is 0. The van der Waals surface area contributed by atoms with Crippen molar-refractivity contribution in [1.29, 1.82) is 0 Å². The van der Waals surface area contributed by atoms with Gasteiger partial charge in [-0.25, -0.2) is 0 Å². The molecule has 0 aliphatic carbocycles. The number of carbonyl (C=O) groups is 1. The largest absolute Gasteiger partial charge is 1.00 e. The molecule has 0 aromatic rings. The molecule has 1 nitrogen and oxygen atoms in total. The smallest absolute Gasteiger partial charge is 1.00 e. The first-order valence-corrected chi connectivity index (χ1v) is 0.289. The van der Waals surface area contributed by atoms with Crippen LogP contribution in [0.25, 0.3) is 0 Å². The van der Waals surface area contributed by atoms with Crippen LogP contribution in [-0.4, -0.2) is 6.79 Å². The zero-order valence-corrected chi connectivity index (χ0v) is 4.93. The predicted molar refractivity (Wildman–Crippen MR) is 13.2 cm³/mol. The standard InChI is InChI=1S/CH2O.2FH.Na.H/c1-2;;;;/h1H2;2*1H;;/q;;;+1;-1. The molecule has 5 heavy (non-hydrogen) atoms. The molecule has 0 saturated carbocycles. The molecule has 0 aliphatic heterocycles. The Hall–Kier alpha value is 0.530. The van der Waals surface area contributed by atoms with E-state index < -0.39 is 0 Å². The Labute approximate surface area is 52.3 Å². The molecule has 30 valence electrons. The summed E-state index contributed by atoms with van der Waals surface area (Å²) in [6.45, 7) is 2.00. The molecule has 0 rings (SSSR count). The Morgan fingerprint density at radius 2 is 1.20 bits per heavy atom. The summed E-state index contributed by atoms with van der Waals surface area (Å²) in [4.78, 5) is 8.00. The van der Waals surface area contributed by atoms with E-state index in [9.17, 15) is 0 Å². The third-order valence-corrected chi connectivity index (χ3v) is 0. The van der Waals surface area contributed by atoms with Crippen molar-refractivity contribution in [2.45, 2.75) is 0 Å². The van der Waals surface area contributed by atoms with Crippen LogP contribution >= 0.6 is 0 Å². The van der Waals surface area contributed by atoms with E-state index in [1.54, 1.807) is 0 Å². The van der Waals surface area contributed by atoms with Crippen LogP contribution in [0, 0.1) is 0 Å². The van der Waals surface area contributed by atoms with Gasteiger partial charge >= 0.3 is 29.6 Å². The summed E-state index contributed by atoms with van der Waals surface area (Å²) in [5.41, 5.74) is 0. The second-order valence-corrected chi connectivity index (χ2v) is 0. The Bertz CT molecular complexity index is 13.5. The van der Waals surface area contributed by atoms with E-state index in [2.05, 4.69) is 0 Å². The second-order valence-electron chi connectivity index (χ2n) is 0. The fourth-order valence-electron chi connectivity index (χ4n) is 0. The molecule has 0 N–H and O–H groups in total. The number of carbonyl (C=O) groups excluding carboxylic acids is 1. The minimum atomic E-state index is 0. The topological polar surface area (TPSA) is 17.1 Å². The van der Waals surface area contributed by atoms with Gasteiger partial charge in [-0.15, -0.1) is 0 Å². The number of hydrogen-bond donors (Lipinski definition) is 0. The molecular weight excluding hydrogens is 89.0 g/mol. The van der Waals surface area contributed by atoms with E-state index in [4.69, 9.17) is 4.79 Å². The molecule has 0 bridgehead atoms. The third-order valence-electron chi connectivity index (χ3n) is 0. The maximum atomic E-state index is 8.00. The number of hydrogen-bond acceptors (Lipinski definition) is 1. The van der Waals surface area contributed by atoms with Gasteiger partial charge in [0.1, 0.15) is 6.79 Å². The van der Waals surface area contributed by atoms with E-state index in [1.165, 1.54) is 0 Å². The molecule has 0 heterocycles. The monoisotopic (exact) mass is 94.0 g/mol. The van der Waals surface area contributed by atoms with Crippen molar-refractivity contribution >= 4 is 6.79 Å². The Morgan fingerprint density at radius 3 is 1.20 bits per heavy atom. The van der Waals surface area contributed by atoms with Crippen LogP contribution in [-0.2, 0) is 4.79 Å². The van der Waals surface area contributed by atoms with Gasteiger partial charge in [0, 0.05) is 0 Å². The van der Waals surface area contributed by atoms with E-state index in [0.29, 0.717) is 0 Å². The van der Waals surface area contributed by atoms with Gasteiger partial charge in [-0.2, -0.15) is 0 Å². The minimum absolute atomic E-state index is 0. The molecule has 0 fully saturated rings. The van der Waals surface area contributed by atoms with Gasteiger partial charge in [0.05, 0.1) is 0 Å². The van der Waals surface area contributed by atoms with Crippen molar-refractivity contribution in [3.63, 3.8) is 0 Å². The first kappa shape index (κ1) is 48.5. The summed E-state index contributed by atoms with van der Waals surface area (Å²) in [7, 11) is 0. The van der Waals surface area contributed by atoms with Crippen molar-refractivity contribution in [2.24, 2.45) is 0 Å². The van der Waals surface area contributed by atoms with Crippen LogP contribution in [0.5, 0.6) is 0 Å². The fraction of sp³-hybridized carbons (Fsp3) is 0. The van der Waals surface area contributed by atoms with Gasteiger partial charge < -0.3 is 6.22 Å². The van der Waals surface area contributed by atoms with Crippen LogP contribution in [0.4, 0.5) is 9.41 Å². The molecule has 0 spiro atoms. The maximum absolute atomic E-state index is 8.00. The predicted octanol–water partition coefficient (Wildman–Crippen LogP) is -2.76. The third kappa shape index (κ3) is 103. The molecule has 0 unspecified atom stereocenters. The van der Waals surface area contributed by atoms with Crippen molar-refractivity contribution in [3.8, 4) is 0 Å². The van der Waals surface area contributed by atoms with E-state index in [1.807, 2.05) is 6.79 Å². The Kier molecular flexibility index (Phi) is 1950. The zero-order chi connectivity index (χ0) is 2.00. The molecule has 0 saturated heterocycles. The van der Waals surface area contributed by atoms with Gasteiger partial charge in [0.15, 0.2) is 0 Å². The summed E-state index contributed by atoms with van der Waals surface area (Å²) in [5, 5.41) is 0. The van der Waals surface area contributed by atoms with Gasteiger partial charge in [0.2, 0.25) is 0 Å². The molecule has 0 radical (unpaired) electrons. The Morgan fingerprint density at radius 1 is 1.20 bits per heavy atom. The molecule has 0 aromatic carbocycles. The molecule has 0 aliphatic rings. The van der Waals surface area contributed by atoms with Crippen molar-refractivity contribution in [2.75, 3.05) is 0 Å². The van der Waals surface area contributed by atoms with Gasteiger partial charge in [-0.1, -0.05) is 0 Å². The second kappa shape index (κ2) is 201. The summed E-state index contributed by atoms with van der Waals surface area (Å²) >= 11 is 0. The normalized spacial score (nSPS) is 0.800. The van der Waals surface area contributed by atoms with E-state index in [-0.39, 0.29) is 40.4 Å². The fourth-order valence-corrected chi connectivity index (χ4v) is 0. The zero-order valence-electron chi connectivity index (χ0n) is 3.93. The summed E-state index contributed by atoms with van der Waals surface area (Å²) in [6, 6.07) is 0. The summed E-state index contributed by atoms with van der Waals surface area (Å²) < 4.78 is 0. The minimum Gasteiger partial charge on any atom is -1.00 e.